The number of aromatic nitrogens is 2. The van der Waals surface area contributed by atoms with Crippen molar-refractivity contribution in [2.75, 3.05) is 0 Å². The largest absolute Gasteiger partial charge is 0.345 e. The highest BCUT2D eigenvalue weighted by atomic mass is 14.9. The van der Waals surface area contributed by atoms with Crippen molar-refractivity contribution in [3.05, 3.63) is 36.9 Å². The summed E-state index contributed by atoms with van der Waals surface area (Å²) in [5.41, 5.74) is 1.22. The van der Waals surface area contributed by atoms with E-state index in [2.05, 4.69) is 23.5 Å². The molecule has 2 heteroatoms. The molecule has 1 aromatic heterocycles. The average molecular weight is 162 g/mol. The molecule has 12 heavy (non-hydrogen) atoms. The van der Waals surface area contributed by atoms with Crippen LogP contribution in [-0.2, 0) is 0 Å². The monoisotopic (exact) mass is 162 g/mol. The Labute approximate surface area is 73.0 Å². The average Bonchev–Trinajstić information content (AvgIpc) is 2.56. The summed E-state index contributed by atoms with van der Waals surface area (Å²) in [6.45, 7) is 5.83. The van der Waals surface area contributed by atoms with E-state index < -0.39 is 0 Å². The molecule has 1 N–H and O–H groups in total. The topological polar surface area (TPSA) is 28.7 Å². The van der Waals surface area contributed by atoms with E-state index in [1.54, 1.807) is 12.3 Å². The molecule has 1 aromatic rings. The Morgan fingerprint density at radius 2 is 2.58 bits per heavy atom. The zero-order chi connectivity index (χ0) is 8.81. The van der Waals surface area contributed by atoms with Gasteiger partial charge in [0.25, 0.3) is 0 Å². The van der Waals surface area contributed by atoms with Gasteiger partial charge < -0.3 is 4.98 Å². The molecule has 0 spiro atoms. The van der Waals surface area contributed by atoms with Gasteiger partial charge in [0.05, 0.1) is 0 Å². The van der Waals surface area contributed by atoms with Crippen molar-refractivity contribution in [2.24, 2.45) is 0 Å². The molecule has 1 heterocycles. The van der Waals surface area contributed by atoms with Crippen LogP contribution in [0.5, 0.6) is 0 Å². The van der Waals surface area contributed by atoms with E-state index in [1.165, 1.54) is 5.57 Å². The van der Waals surface area contributed by atoms with E-state index >= 15 is 0 Å². The molecule has 0 unspecified atom stereocenters. The molecule has 0 aliphatic carbocycles. The molecule has 0 bridgehead atoms. The van der Waals surface area contributed by atoms with Crippen LogP contribution in [0.1, 0.15) is 25.6 Å². The van der Waals surface area contributed by atoms with Gasteiger partial charge in [-0.3, -0.25) is 0 Å². The highest BCUT2D eigenvalue weighted by Gasteiger charge is 2.00. The molecule has 0 saturated carbocycles. The van der Waals surface area contributed by atoms with E-state index in [9.17, 15) is 0 Å². The summed E-state index contributed by atoms with van der Waals surface area (Å²) in [6.07, 6.45) is 9.57. The maximum absolute atomic E-state index is 4.18. The summed E-state index contributed by atoms with van der Waals surface area (Å²) < 4.78 is 0. The highest BCUT2D eigenvalue weighted by molar-refractivity contribution is 5.61. The van der Waals surface area contributed by atoms with Crippen molar-refractivity contribution in [3.63, 3.8) is 0 Å². The number of nitrogens with one attached hydrogen (secondary N) is 1. The molecule has 0 fully saturated rings. The van der Waals surface area contributed by atoms with Crippen LogP contribution in [0.25, 0.3) is 5.57 Å². The third-order valence-corrected chi connectivity index (χ3v) is 1.64. The number of rotatable bonds is 4. The second-order valence-corrected chi connectivity index (χ2v) is 2.62. The Kier molecular flexibility index (Phi) is 3.33. The van der Waals surface area contributed by atoms with E-state index in [4.69, 9.17) is 0 Å². The minimum absolute atomic E-state index is 0.955. The SMILES string of the molecule is C=C/C=C(\CCC)c1ncc[nH]1. The first kappa shape index (κ1) is 8.78. The molecule has 0 atom stereocenters. The predicted octanol–water partition coefficient (Wildman–Crippen LogP) is 2.78. The fourth-order valence-corrected chi connectivity index (χ4v) is 1.13. The maximum Gasteiger partial charge on any atom is 0.133 e. The lowest BCUT2D eigenvalue weighted by Crippen LogP contribution is -1.86. The van der Waals surface area contributed by atoms with Crippen LogP contribution in [0.3, 0.4) is 0 Å². The smallest absolute Gasteiger partial charge is 0.133 e. The summed E-state index contributed by atoms with van der Waals surface area (Å²) in [7, 11) is 0. The fraction of sp³-hybridized carbons (Fsp3) is 0.300. The first-order chi connectivity index (χ1) is 5.88. The second-order valence-electron chi connectivity index (χ2n) is 2.62. The molecule has 1 rings (SSSR count). The van der Waals surface area contributed by atoms with Crippen LogP contribution >= 0.6 is 0 Å². The Bertz CT molecular complexity index is 257. The van der Waals surface area contributed by atoms with Crippen LogP contribution in [0.15, 0.2) is 31.1 Å². The number of H-pyrrole nitrogens is 1. The lowest BCUT2D eigenvalue weighted by Gasteiger charge is -1.99. The van der Waals surface area contributed by atoms with Gasteiger partial charge in [0.1, 0.15) is 5.82 Å². The number of aromatic amines is 1. The van der Waals surface area contributed by atoms with E-state index in [0.29, 0.717) is 0 Å². The quantitative estimate of drug-likeness (QED) is 0.677. The third kappa shape index (κ3) is 2.09. The fourth-order valence-electron chi connectivity index (χ4n) is 1.13. The van der Waals surface area contributed by atoms with E-state index in [0.717, 1.165) is 18.7 Å². The summed E-state index contributed by atoms with van der Waals surface area (Å²) in [5.74, 6) is 0.955. The summed E-state index contributed by atoms with van der Waals surface area (Å²) in [4.78, 5) is 7.26. The Balaban J connectivity index is 2.80. The maximum atomic E-state index is 4.18. The van der Waals surface area contributed by atoms with Crippen molar-refractivity contribution >= 4 is 5.57 Å². The minimum atomic E-state index is 0.955. The van der Waals surface area contributed by atoms with Gasteiger partial charge in [0, 0.05) is 12.4 Å². The zero-order valence-corrected chi connectivity index (χ0v) is 7.38. The third-order valence-electron chi connectivity index (χ3n) is 1.64. The van der Waals surface area contributed by atoms with Crippen molar-refractivity contribution in [1.29, 1.82) is 0 Å². The summed E-state index contributed by atoms with van der Waals surface area (Å²) >= 11 is 0. The van der Waals surface area contributed by atoms with E-state index in [1.807, 2.05) is 12.3 Å². The first-order valence-electron chi connectivity index (χ1n) is 4.19. The molecule has 2 nitrogen and oxygen atoms in total. The Hall–Kier alpha value is -1.31. The highest BCUT2D eigenvalue weighted by Crippen LogP contribution is 2.15. The molecule has 0 aromatic carbocycles. The standard InChI is InChI=1S/C10H14N2/c1-3-5-9(6-4-2)10-11-7-8-12-10/h3,5,7-8H,1,4,6H2,2H3,(H,11,12)/b9-5+. The molecule has 0 aliphatic rings. The van der Waals surface area contributed by atoms with E-state index in [-0.39, 0.29) is 0 Å². The van der Waals surface area contributed by atoms with Gasteiger partial charge in [0.15, 0.2) is 0 Å². The van der Waals surface area contributed by atoms with Gasteiger partial charge in [0.2, 0.25) is 0 Å². The number of hydrogen-bond donors (Lipinski definition) is 1. The van der Waals surface area contributed by atoms with Crippen LogP contribution in [0, 0.1) is 0 Å². The van der Waals surface area contributed by atoms with Gasteiger partial charge in [-0.05, 0) is 12.0 Å². The summed E-state index contributed by atoms with van der Waals surface area (Å²) in [6, 6.07) is 0. The normalized spacial score (nSPS) is 11.6. The lowest BCUT2D eigenvalue weighted by molar-refractivity contribution is 0.959. The van der Waals surface area contributed by atoms with Crippen molar-refractivity contribution in [2.45, 2.75) is 19.8 Å². The molecule has 0 saturated heterocycles. The zero-order valence-electron chi connectivity index (χ0n) is 7.38. The lowest BCUT2D eigenvalue weighted by atomic mass is 10.1. The van der Waals surface area contributed by atoms with Gasteiger partial charge in [-0.2, -0.15) is 0 Å². The van der Waals surface area contributed by atoms with Crippen LogP contribution in [-0.4, -0.2) is 9.97 Å². The van der Waals surface area contributed by atoms with Crippen LogP contribution in [0.4, 0.5) is 0 Å². The minimum Gasteiger partial charge on any atom is -0.345 e. The predicted molar refractivity (Wildman–Crippen MR) is 51.7 cm³/mol. The molecule has 0 aliphatic heterocycles. The van der Waals surface area contributed by atoms with Gasteiger partial charge in [-0.15, -0.1) is 0 Å². The number of hydrogen-bond acceptors (Lipinski definition) is 1. The van der Waals surface area contributed by atoms with Gasteiger partial charge in [-0.1, -0.05) is 32.1 Å². The van der Waals surface area contributed by atoms with Gasteiger partial charge >= 0.3 is 0 Å². The molecular weight excluding hydrogens is 148 g/mol. The van der Waals surface area contributed by atoms with Crippen molar-refractivity contribution in [1.82, 2.24) is 9.97 Å². The molecular formula is C10H14N2. The number of imidazole rings is 1. The summed E-state index contributed by atoms with van der Waals surface area (Å²) in [5, 5.41) is 0. The van der Waals surface area contributed by atoms with Crippen LogP contribution < -0.4 is 0 Å². The van der Waals surface area contributed by atoms with Gasteiger partial charge in [-0.25, -0.2) is 4.98 Å². The molecule has 0 radical (unpaired) electrons. The molecule has 64 valence electrons. The second kappa shape index (κ2) is 4.54. The number of nitrogens with zero attached hydrogens (tertiary/aromatic N) is 1. The molecule has 0 amide bonds. The number of allylic oxidation sites excluding steroid dienone is 3. The van der Waals surface area contributed by atoms with Crippen molar-refractivity contribution < 1.29 is 0 Å². The Morgan fingerprint density at radius 3 is 3.08 bits per heavy atom. The van der Waals surface area contributed by atoms with Crippen LogP contribution in [0.2, 0.25) is 0 Å². The Morgan fingerprint density at radius 1 is 1.75 bits per heavy atom. The van der Waals surface area contributed by atoms with Crippen molar-refractivity contribution in [3.8, 4) is 0 Å². The first-order valence-corrected chi connectivity index (χ1v) is 4.19.